The second-order valence-electron chi connectivity index (χ2n) is 7.29. The molecule has 0 bridgehead atoms. The summed E-state index contributed by atoms with van der Waals surface area (Å²) in [5.74, 6) is 0.806. The maximum atomic E-state index is 12.8. The second kappa shape index (κ2) is 8.99. The molecule has 154 valence electrons. The van der Waals surface area contributed by atoms with Crippen molar-refractivity contribution < 1.29 is 14.3 Å². The molecule has 2 aromatic carbocycles. The first-order chi connectivity index (χ1) is 13.9. The number of nitrogens with zero attached hydrogens (tertiary/aromatic N) is 2. The van der Waals surface area contributed by atoms with E-state index in [4.69, 9.17) is 4.74 Å². The zero-order valence-electron chi connectivity index (χ0n) is 17.6. The molecule has 1 heterocycles. The molecule has 3 rings (SSSR count). The Balaban J connectivity index is 1.66. The number of hydrogen-bond donors (Lipinski definition) is 1. The van der Waals surface area contributed by atoms with Gasteiger partial charge in [-0.2, -0.15) is 0 Å². The van der Waals surface area contributed by atoms with E-state index in [-0.39, 0.29) is 18.0 Å². The van der Waals surface area contributed by atoms with E-state index in [0.717, 1.165) is 22.7 Å². The van der Waals surface area contributed by atoms with E-state index in [2.05, 4.69) is 5.32 Å². The fraction of sp³-hybridized carbons (Fsp3) is 0.391. The first-order valence-corrected chi connectivity index (χ1v) is 10.1. The van der Waals surface area contributed by atoms with Crippen LogP contribution < -0.4 is 19.9 Å². The molecule has 29 heavy (non-hydrogen) atoms. The Kier molecular flexibility index (Phi) is 6.42. The lowest BCUT2D eigenvalue weighted by molar-refractivity contribution is -0.117. The van der Waals surface area contributed by atoms with E-state index >= 15 is 0 Å². The lowest BCUT2D eigenvalue weighted by Gasteiger charge is -2.24. The molecule has 0 aliphatic carbocycles. The summed E-state index contributed by atoms with van der Waals surface area (Å²) >= 11 is 0. The van der Waals surface area contributed by atoms with Crippen LogP contribution in [0.2, 0.25) is 0 Å². The summed E-state index contributed by atoms with van der Waals surface area (Å²) in [7, 11) is 0. The Morgan fingerprint density at radius 1 is 1.14 bits per heavy atom. The average molecular weight is 396 g/mol. The number of amides is 3. The molecule has 0 radical (unpaired) electrons. The quantitative estimate of drug-likeness (QED) is 0.803. The molecule has 0 saturated carbocycles. The molecule has 3 amide bonds. The first-order valence-electron chi connectivity index (χ1n) is 10.1. The van der Waals surface area contributed by atoms with Gasteiger partial charge in [0.05, 0.1) is 12.6 Å². The maximum absolute atomic E-state index is 12.8. The highest BCUT2D eigenvalue weighted by atomic mass is 16.5. The zero-order chi connectivity index (χ0) is 21.0. The Morgan fingerprint density at radius 3 is 2.48 bits per heavy atom. The number of rotatable bonds is 6. The molecule has 1 atom stereocenters. The third-order valence-electron chi connectivity index (χ3n) is 5.28. The minimum Gasteiger partial charge on any atom is -0.494 e. The van der Waals surface area contributed by atoms with Gasteiger partial charge in [-0.1, -0.05) is 6.07 Å². The van der Waals surface area contributed by atoms with E-state index in [1.165, 1.54) is 5.56 Å². The molecule has 0 aromatic heterocycles. The van der Waals surface area contributed by atoms with E-state index in [9.17, 15) is 9.59 Å². The van der Waals surface area contributed by atoms with Gasteiger partial charge in [-0.15, -0.1) is 0 Å². The lowest BCUT2D eigenvalue weighted by atomic mass is 10.1. The number of anilines is 2. The number of hydrogen-bond acceptors (Lipinski definition) is 3. The molecule has 6 heteroatoms. The summed E-state index contributed by atoms with van der Waals surface area (Å²) in [6.45, 7) is 9.56. The maximum Gasteiger partial charge on any atom is 0.322 e. The van der Waals surface area contributed by atoms with Gasteiger partial charge in [-0.25, -0.2) is 4.79 Å². The predicted octanol–water partition coefficient (Wildman–Crippen LogP) is 4.04. The number of benzene rings is 2. The van der Waals surface area contributed by atoms with E-state index in [0.29, 0.717) is 26.1 Å². The standard InChI is InChI=1S/C23H29N3O3/c1-5-25(19-9-11-21(12-10-19)29-6-2)23(28)24-18-14-22(27)26(15-18)20-8-7-16(3)17(4)13-20/h7-13,18H,5-6,14-15H2,1-4H3,(H,24,28)/t18-/m0/s1. The van der Waals surface area contributed by atoms with Gasteiger partial charge in [0.15, 0.2) is 0 Å². The van der Waals surface area contributed by atoms with Crippen molar-refractivity contribution in [1.82, 2.24) is 5.32 Å². The van der Waals surface area contributed by atoms with Crippen molar-refractivity contribution in [3.8, 4) is 5.75 Å². The van der Waals surface area contributed by atoms with E-state index < -0.39 is 0 Å². The van der Waals surface area contributed by atoms with Crippen LogP contribution in [0.15, 0.2) is 42.5 Å². The minimum atomic E-state index is -0.214. The van der Waals surface area contributed by atoms with Crippen molar-refractivity contribution in [3.63, 3.8) is 0 Å². The first kappa shape index (κ1) is 20.7. The summed E-state index contributed by atoms with van der Waals surface area (Å²) in [5, 5.41) is 3.02. The van der Waals surface area contributed by atoms with Gasteiger partial charge in [0, 0.05) is 30.9 Å². The fourth-order valence-electron chi connectivity index (χ4n) is 3.53. The third kappa shape index (κ3) is 4.70. The highest BCUT2D eigenvalue weighted by Gasteiger charge is 2.32. The molecule has 6 nitrogen and oxygen atoms in total. The summed E-state index contributed by atoms with van der Waals surface area (Å²) in [6.07, 6.45) is 0.305. The van der Waals surface area contributed by atoms with Crippen molar-refractivity contribution in [2.24, 2.45) is 0 Å². The van der Waals surface area contributed by atoms with E-state index in [1.807, 2.05) is 70.2 Å². The van der Waals surface area contributed by atoms with Gasteiger partial charge < -0.3 is 15.0 Å². The zero-order valence-corrected chi connectivity index (χ0v) is 17.6. The van der Waals surface area contributed by atoms with Crippen LogP contribution in [0.1, 0.15) is 31.4 Å². The fourth-order valence-corrected chi connectivity index (χ4v) is 3.53. The average Bonchev–Trinajstić information content (AvgIpc) is 3.06. The van der Waals surface area contributed by atoms with Crippen molar-refractivity contribution in [1.29, 1.82) is 0 Å². The molecule has 0 spiro atoms. The molecule has 0 unspecified atom stereocenters. The monoisotopic (exact) mass is 395 g/mol. The third-order valence-corrected chi connectivity index (χ3v) is 5.28. The molecule has 1 saturated heterocycles. The molecule has 1 fully saturated rings. The van der Waals surface area contributed by atoms with Crippen molar-refractivity contribution in [3.05, 3.63) is 53.6 Å². The van der Waals surface area contributed by atoms with Crippen LogP contribution in [-0.4, -0.2) is 37.7 Å². The number of carbonyl (C=O) groups excluding carboxylic acids is 2. The summed E-state index contributed by atoms with van der Waals surface area (Å²) in [5.41, 5.74) is 4.02. The SMILES string of the molecule is CCOc1ccc(N(CC)C(=O)N[C@H]2CC(=O)N(c3ccc(C)c(C)c3)C2)cc1. The summed E-state index contributed by atoms with van der Waals surface area (Å²) < 4.78 is 5.46. The van der Waals surface area contributed by atoms with Crippen LogP contribution in [0.4, 0.5) is 16.2 Å². The lowest BCUT2D eigenvalue weighted by Crippen LogP contribution is -2.46. The van der Waals surface area contributed by atoms with Crippen LogP contribution >= 0.6 is 0 Å². The number of carbonyl (C=O) groups is 2. The smallest absolute Gasteiger partial charge is 0.322 e. The largest absolute Gasteiger partial charge is 0.494 e. The number of nitrogens with one attached hydrogen (secondary N) is 1. The van der Waals surface area contributed by atoms with Crippen molar-refractivity contribution in [2.75, 3.05) is 29.5 Å². The van der Waals surface area contributed by atoms with Gasteiger partial charge in [0.25, 0.3) is 0 Å². The van der Waals surface area contributed by atoms with E-state index in [1.54, 1.807) is 9.80 Å². The molecule has 1 aliphatic rings. The van der Waals surface area contributed by atoms with Gasteiger partial charge in [-0.3, -0.25) is 9.69 Å². The van der Waals surface area contributed by atoms with Crippen LogP contribution in [0, 0.1) is 13.8 Å². The molecule has 1 N–H and O–H groups in total. The Labute approximate surface area is 172 Å². The van der Waals surface area contributed by atoms with Crippen LogP contribution in [0.5, 0.6) is 5.75 Å². The Morgan fingerprint density at radius 2 is 1.86 bits per heavy atom. The summed E-state index contributed by atoms with van der Waals surface area (Å²) in [4.78, 5) is 28.8. The number of urea groups is 1. The van der Waals surface area contributed by atoms with Gasteiger partial charge in [0.2, 0.25) is 5.91 Å². The van der Waals surface area contributed by atoms with Crippen LogP contribution in [-0.2, 0) is 4.79 Å². The Hall–Kier alpha value is -3.02. The highest BCUT2D eigenvalue weighted by Crippen LogP contribution is 2.25. The van der Waals surface area contributed by atoms with Crippen LogP contribution in [0.25, 0.3) is 0 Å². The summed E-state index contributed by atoms with van der Waals surface area (Å²) in [6, 6.07) is 13.0. The molecule has 2 aromatic rings. The van der Waals surface area contributed by atoms with Crippen molar-refractivity contribution in [2.45, 2.75) is 40.2 Å². The second-order valence-corrected chi connectivity index (χ2v) is 7.29. The predicted molar refractivity (Wildman–Crippen MR) is 116 cm³/mol. The minimum absolute atomic E-state index is 0.0302. The normalized spacial score (nSPS) is 16.1. The molecular weight excluding hydrogens is 366 g/mol. The van der Waals surface area contributed by atoms with Gasteiger partial charge >= 0.3 is 6.03 Å². The van der Waals surface area contributed by atoms with Gasteiger partial charge in [0.1, 0.15) is 5.75 Å². The topological polar surface area (TPSA) is 61.9 Å². The number of aryl methyl sites for hydroxylation is 2. The molecular formula is C23H29N3O3. The Bertz CT molecular complexity index is 879. The van der Waals surface area contributed by atoms with Crippen molar-refractivity contribution >= 4 is 23.3 Å². The highest BCUT2D eigenvalue weighted by molar-refractivity contribution is 5.98. The number of ether oxygens (including phenoxy) is 1. The van der Waals surface area contributed by atoms with Crippen LogP contribution in [0.3, 0.4) is 0 Å². The molecule has 1 aliphatic heterocycles. The van der Waals surface area contributed by atoms with Gasteiger partial charge in [-0.05, 0) is 75.2 Å².